The topological polar surface area (TPSA) is 58.2 Å². The third-order valence-corrected chi connectivity index (χ3v) is 3.40. The van der Waals surface area contributed by atoms with Crippen molar-refractivity contribution < 1.29 is 9.59 Å². The summed E-state index contributed by atoms with van der Waals surface area (Å²) in [7, 11) is 0. The summed E-state index contributed by atoms with van der Waals surface area (Å²) < 4.78 is 0. The second-order valence-electron chi connectivity index (χ2n) is 5.09. The van der Waals surface area contributed by atoms with Gasteiger partial charge in [0.1, 0.15) is 0 Å². The highest BCUT2D eigenvalue weighted by molar-refractivity contribution is 6.04. The van der Waals surface area contributed by atoms with Crippen LogP contribution in [0.5, 0.6) is 0 Å². The molecule has 1 fully saturated rings. The average Bonchev–Trinajstić information content (AvgIpc) is 3.22. The normalized spacial score (nSPS) is 15.7. The summed E-state index contributed by atoms with van der Waals surface area (Å²) in [6.45, 7) is 3.85. The zero-order valence-corrected chi connectivity index (χ0v) is 11.4. The van der Waals surface area contributed by atoms with Crippen LogP contribution in [0.4, 0.5) is 5.69 Å². The van der Waals surface area contributed by atoms with Crippen LogP contribution in [0, 0.1) is 5.92 Å². The average molecular weight is 260 g/mol. The van der Waals surface area contributed by atoms with Gasteiger partial charge in [-0.2, -0.15) is 0 Å². The third kappa shape index (κ3) is 3.56. The second-order valence-corrected chi connectivity index (χ2v) is 5.09. The molecule has 4 nitrogen and oxygen atoms in total. The van der Waals surface area contributed by atoms with Crippen LogP contribution in [0.25, 0.3) is 0 Å². The maximum atomic E-state index is 12.1. The summed E-state index contributed by atoms with van der Waals surface area (Å²) >= 11 is 0. The van der Waals surface area contributed by atoms with Crippen molar-refractivity contribution in [2.45, 2.75) is 39.2 Å². The number of carbonyl (C=O) groups is 2. The maximum absolute atomic E-state index is 12.1. The summed E-state index contributed by atoms with van der Waals surface area (Å²) in [4.78, 5) is 24.0. The van der Waals surface area contributed by atoms with E-state index in [0.29, 0.717) is 17.3 Å². The Labute approximate surface area is 113 Å². The number of para-hydroxylation sites is 1. The predicted molar refractivity (Wildman–Crippen MR) is 75.0 cm³/mol. The van der Waals surface area contributed by atoms with E-state index in [1.54, 1.807) is 18.2 Å². The largest absolute Gasteiger partial charge is 0.349 e. The van der Waals surface area contributed by atoms with Crippen LogP contribution in [-0.2, 0) is 4.79 Å². The minimum atomic E-state index is -0.109. The highest BCUT2D eigenvalue weighted by Gasteiger charge is 2.25. The number of nitrogens with one attached hydrogen (secondary N) is 2. The van der Waals surface area contributed by atoms with Crippen molar-refractivity contribution in [1.82, 2.24) is 5.32 Å². The fourth-order valence-corrected chi connectivity index (χ4v) is 1.72. The van der Waals surface area contributed by atoms with E-state index in [4.69, 9.17) is 0 Å². The Hall–Kier alpha value is -1.84. The van der Waals surface area contributed by atoms with Gasteiger partial charge in [0, 0.05) is 12.0 Å². The van der Waals surface area contributed by atoms with E-state index >= 15 is 0 Å². The van der Waals surface area contributed by atoms with Crippen molar-refractivity contribution >= 4 is 17.5 Å². The molecule has 4 heteroatoms. The molecule has 0 aromatic heterocycles. The minimum absolute atomic E-state index is 0.0471. The van der Waals surface area contributed by atoms with E-state index in [0.717, 1.165) is 19.3 Å². The number of amides is 2. The SMILES string of the molecule is CCC(C)C(=O)Nc1ccccc1C(=O)NC1CC1. The lowest BCUT2D eigenvalue weighted by Crippen LogP contribution is -2.27. The molecular formula is C15H20N2O2. The fourth-order valence-electron chi connectivity index (χ4n) is 1.72. The van der Waals surface area contributed by atoms with Crippen molar-refractivity contribution in [2.75, 3.05) is 5.32 Å². The number of carbonyl (C=O) groups excluding carboxylic acids is 2. The highest BCUT2D eigenvalue weighted by atomic mass is 16.2. The number of hydrogen-bond acceptors (Lipinski definition) is 2. The Morgan fingerprint density at radius 2 is 2.00 bits per heavy atom. The molecule has 0 bridgehead atoms. The molecule has 1 atom stereocenters. The number of benzene rings is 1. The zero-order valence-electron chi connectivity index (χ0n) is 11.4. The standard InChI is InChI=1S/C15H20N2O2/c1-3-10(2)14(18)17-13-7-5-4-6-12(13)15(19)16-11-8-9-11/h4-7,10-11H,3,8-9H2,1-2H3,(H,16,19)(H,17,18). The van der Waals surface area contributed by atoms with Crippen LogP contribution in [-0.4, -0.2) is 17.9 Å². The van der Waals surface area contributed by atoms with Gasteiger partial charge in [0.25, 0.3) is 5.91 Å². The van der Waals surface area contributed by atoms with Crippen LogP contribution < -0.4 is 10.6 Å². The Balaban J connectivity index is 2.11. The van der Waals surface area contributed by atoms with Crippen molar-refractivity contribution in [2.24, 2.45) is 5.92 Å². The molecule has 2 N–H and O–H groups in total. The Morgan fingerprint density at radius 3 is 2.63 bits per heavy atom. The molecule has 1 aliphatic carbocycles. The smallest absolute Gasteiger partial charge is 0.253 e. The molecule has 0 saturated heterocycles. The van der Waals surface area contributed by atoms with Gasteiger partial charge in [-0.15, -0.1) is 0 Å². The van der Waals surface area contributed by atoms with Gasteiger partial charge in [0.15, 0.2) is 0 Å². The van der Waals surface area contributed by atoms with Gasteiger partial charge < -0.3 is 10.6 Å². The van der Waals surface area contributed by atoms with Gasteiger partial charge in [0.2, 0.25) is 5.91 Å². The molecule has 1 aromatic carbocycles. The van der Waals surface area contributed by atoms with Crippen molar-refractivity contribution in [3.8, 4) is 0 Å². The lowest BCUT2D eigenvalue weighted by Gasteiger charge is -2.13. The molecule has 1 unspecified atom stereocenters. The van der Waals surface area contributed by atoms with Gasteiger partial charge >= 0.3 is 0 Å². The van der Waals surface area contributed by atoms with Gasteiger partial charge in [-0.1, -0.05) is 26.0 Å². The number of rotatable bonds is 5. The zero-order chi connectivity index (χ0) is 13.8. The molecule has 19 heavy (non-hydrogen) atoms. The molecule has 0 spiro atoms. The van der Waals surface area contributed by atoms with Gasteiger partial charge in [-0.3, -0.25) is 9.59 Å². The first-order chi connectivity index (χ1) is 9.11. The van der Waals surface area contributed by atoms with Crippen molar-refractivity contribution in [3.05, 3.63) is 29.8 Å². The first-order valence-corrected chi connectivity index (χ1v) is 6.82. The molecule has 102 valence electrons. The Kier molecular flexibility index (Phi) is 4.20. The molecule has 2 rings (SSSR count). The third-order valence-electron chi connectivity index (χ3n) is 3.40. The van der Waals surface area contributed by atoms with Crippen LogP contribution >= 0.6 is 0 Å². The van der Waals surface area contributed by atoms with Gasteiger partial charge in [0.05, 0.1) is 11.3 Å². The fraction of sp³-hybridized carbons (Fsp3) is 0.467. The van der Waals surface area contributed by atoms with Gasteiger partial charge in [-0.05, 0) is 31.4 Å². The molecule has 1 aliphatic rings. The molecule has 1 aromatic rings. The quantitative estimate of drug-likeness (QED) is 0.854. The molecule has 1 saturated carbocycles. The Bertz CT molecular complexity index is 481. The first kappa shape index (κ1) is 13.6. The lowest BCUT2D eigenvalue weighted by atomic mass is 10.1. The van der Waals surface area contributed by atoms with Crippen LogP contribution in [0.1, 0.15) is 43.5 Å². The summed E-state index contributed by atoms with van der Waals surface area (Å²) in [5.41, 5.74) is 1.12. The summed E-state index contributed by atoms with van der Waals surface area (Å²) in [6, 6.07) is 7.44. The monoisotopic (exact) mass is 260 g/mol. The van der Waals surface area contributed by atoms with Crippen molar-refractivity contribution in [1.29, 1.82) is 0 Å². The molecule has 0 radical (unpaired) electrons. The molecule has 0 heterocycles. The predicted octanol–water partition coefficient (Wildman–Crippen LogP) is 2.56. The summed E-state index contributed by atoms with van der Waals surface area (Å²) in [6.07, 6.45) is 2.88. The maximum Gasteiger partial charge on any atom is 0.253 e. The molecular weight excluding hydrogens is 240 g/mol. The lowest BCUT2D eigenvalue weighted by molar-refractivity contribution is -0.119. The van der Waals surface area contributed by atoms with Gasteiger partial charge in [-0.25, -0.2) is 0 Å². The van der Waals surface area contributed by atoms with Crippen LogP contribution in [0.15, 0.2) is 24.3 Å². The van der Waals surface area contributed by atoms with E-state index in [2.05, 4.69) is 10.6 Å². The molecule has 0 aliphatic heterocycles. The minimum Gasteiger partial charge on any atom is -0.349 e. The second kappa shape index (κ2) is 5.87. The summed E-state index contributed by atoms with van der Waals surface area (Å²) in [5.74, 6) is -0.212. The Morgan fingerprint density at radius 1 is 1.32 bits per heavy atom. The highest BCUT2D eigenvalue weighted by Crippen LogP contribution is 2.22. The van der Waals surface area contributed by atoms with E-state index in [1.165, 1.54) is 0 Å². The first-order valence-electron chi connectivity index (χ1n) is 6.82. The van der Waals surface area contributed by atoms with E-state index in [1.807, 2.05) is 19.9 Å². The number of hydrogen-bond donors (Lipinski definition) is 2. The number of anilines is 1. The van der Waals surface area contributed by atoms with Crippen LogP contribution in [0.2, 0.25) is 0 Å². The van der Waals surface area contributed by atoms with E-state index in [-0.39, 0.29) is 17.7 Å². The molecule has 2 amide bonds. The van der Waals surface area contributed by atoms with Crippen molar-refractivity contribution in [3.63, 3.8) is 0 Å². The van der Waals surface area contributed by atoms with E-state index in [9.17, 15) is 9.59 Å². The van der Waals surface area contributed by atoms with Crippen LogP contribution in [0.3, 0.4) is 0 Å². The van der Waals surface area contributed by atoms with E-state index < -0.39 is 0 Å². The summed E-state index contributed by atoms with van der Waals surface area (Å²) in [5, 5.41) is 5.77.